The zero-order valence-electron chi connectivity index (χ0n) is 14.1. The van der Waals surface area contributed by atoms with Gasteiger partial charge in [-0.3, -0.25) is 4.79 Å². The Labute approximate surface area is 147 Å². The van der Waals surface area contributed by atoms with Gasteiger partial charge in [0.25, 0.3) is 5.91 Å². The van der Waals surface area contributed by atoms with Crippen LogP contribution in [0.4, 0.5) is 5.69 Å². The molecule has 0 spiro atoms. The van der Waals surface area contributed by atoms with Crippen LogP contribution in [-0.4, -0.2) is 31.7 Å². The molecule has 2 aromatic rings. The van der Waals surface area contributed by atoms with Crippen molar-refractivity contribution in [3.05, 3.63) is 59.7 Å². The van der Waals surface area contributed by atoms with Crippen molar-refractivity contribution in [1.29, 1.82) is 5.26 Å². The van der Waals surface area contributed by atoms with E-state index in [4.69, 9.17) is 5.26 Å². The first-order valence-corrected chi connectivity index (χ1v) is 9.28. The minimum atomic E-state index is -3.64. The summed E-state index contributed by atoms with van der Waals surface area (Å²) in [7, 11) is -3.64. The molecular weight excluding hydrogens is 338 g/mol. The molecule has 7 heteroatoms. The highest BCUT2D eigenvalue weighted by Crippen LogP contribution is 2.19. The van der Waals surface area contributed by atoms with E-state index < -0.39 is 15.9 Å². The smallest absolute Gasteiger partial charge is 0.255 e. The molecule has 1 N–H and O–H groups in total. The molecule has 0 fully saturated rings. The lowest BCUT2D eigenvalue weighted by Crippen LogP contribution is -2.30. The van der Waals surface area contributed by atoms with E-state index in [2.05, 4.69) is 5.32 Å². The van der Waals surface area contributed by atoms with Crippen molar-refractivity contribution in [2.45, 2.75) is 18.7 Å². The number of amides is 1. The third-order valence-corrected chi connectivity index (χ3v) is 5.78. The van der Waals surface area contributed by atoms with Crippen LogP contribution in [0, 0.1) is 11.3 Å². The van der Waals surface area contributed by atoms with Gasteiger partial charge >= 0.3 is 0 Å². The monoisotopic (exact) mass is 357 g/mol. The third kappa shape index (κ3) is 4.05. The van der Waals surface area contributed by atoms with Gasteiger partial charge in [0.2, 0.25) is 10.0 Å². The maximum atomic E-state index is 12.6. The number of benzene rings is 2. The van der Waals surface area contributed by atoms with Crippen molar-refractivity contribution in [1.82, 2.24) is 4.31 Å². The van der Waals surface area contributed by atoms with E-state index in [0.717, 1.165) is 0 Å². The Kier molecular flexibility index (Phi) is 5.91. The number of carbonyl (C=O) groups is 1. The highest BCUT2D eigenvalue weighted by atomic mass is 32.2. The van der Waals surface area contributed by atoms with Gasteiger partial charge in [-0.1, -0.05) is 32.0 Å². The van der Waals surface area contributed by atoms with Crippen LogP contribution in [0.3, 0.4) is 0 Å². The molecule has 0 heterocycles. The van der Waals surface area contributed by atoms with Crippen LogP contribution in [-0.2, 0) is 10.0 Å². The summed E-state index contributed by atoms with van der Waals surface area (Å²) in [6, 6.07) is 14.5. The zero-order valence-corrected chi connectivity index (χ0v) is 14.9. The molecule has 0 aliphatic heterocycles. The lowest BCUT2D eigenvalue weighted by molar-refractivity contribution is 0.102. The normalized spacial score (nSPS) is 11.1. The minimum Gasteiger partial charge on any atom is -0.321 e. The highest BCUT2D eigenvalue weighted by molar-refractivity contribution is 7.89. The van der Waals surface area contributed by atoms with E-state index >= 15 is 0 Å². The molecule has 0 aliphatic rings. The van der Waals surface area contributed by atoms with Crippen molar-refractivity contribution in [3.63, 3.8) is 0 Å². The lowest BCUT2D eigenvalue weighted by Gasteiger charge is -2.18. The summed E-state index contributed by atoms with van der Waals surface area (Å²) >= 11 is 0. The van der Waals surface area contributed by atoms with Crippen LogP contribution in [0.5, 0.6) is 0 Å². The molecule has 6 nitrogen and oxygen atoms in total. The Hall–Kier alpha value is -2.69. The second kappa shape index (κ2) is 7.92. The Balaban J connectivity index is 2.33. The number of rotatable bonds is 6. The van der Waals surface area contributed by atoms with Crippen LogP contribution >= 0.6 is 0 Å². The van der Waals surface area contributed by atoms with Crippen molar-refractivity contribution in [2.24, 2.45) is 0 Å². The van der Waals surface area contributed by atoms with Gasteiger partial charge in [0.05, 0.1) is 16.1 Å². The Morgan fingerprint density at radius 2 is 1.80 bits per heavy atom. The lowest BCUT2D eigenvalue weighted by atomic mass is 10.1. The van der Waals surface area contributed by atoms with Gasteiger partial charge in [0, 0.05) is 18.7 Å². The summed E-state index contributed by atoms with van der Waals surface area (Å²) in [5.74, 6) is -0.473. The van der Waals surface area contributed by atoms with Crippen LogP contribution in [0.15, 0.2) is 53.4 Å². The van der Waals surface area contributed by atoms with Crippen molar-refractivity contribution >= 4 is 21.6 Å². The molecule has 0 unspecified atom stereocenters. The second-order valence-electron chi connectivity index (χ2n) is 5.23. The Morgan fingerprint density at radius 3 is 2.44 bits per heavy atom. The van der Waals surface area contributed by atoms with Crippen LogP contribution < -0.4 is 5.32 Å². The fourth-order valence-corrected chi connectivity index (χ4v) is 3.90. The highest BCUT2D eigenvalue weighted by Gasteiger charge is 2.22. The molecule has 0 radical (unpaired) electrons. The molecule has 0 aliphatic carbocycles. The molecule has 2 aromatic carbocycles. The Morgan fingerprint density at radius 1 is 1.12 bits per heavy atom. The predicted octanol–water partition coefficient (Wildman–Crippen LogP) is 2.84. The summed E-state index contributed by atoms with van der Waals surface area (Å²) in [5.41, 5.74) is 0.927. The van der Waals surface area contributed by atoms with Gasteiger partial charge in [0.1, 0.15) is 6.07 Å². The van der Waals surface area contributed by atoms with Crippen molar-refractivity contribution < 1.29 is 13.2 Å². The fraction of sp³-hybridized carbons (Fsp3) is 0.222. The number of para-hydroxylation sites is 1. The molecule has 25 heavy (non-hydrogen) atoms. The third-order valence-electron chi connectivity index (χ3n) is 3.74. The summed E-state index contributed by atoms with van der Waals surface area (Å²) in [6.07, 6.45) is 0. The van der Waals surface area contributed by atoms with Crippen LogP contribution in [0.2, 0.25) is 0 Å². The van der Waals surface area contributed by atoms with E-state index in [0.29, 0.717) is 24.3 Å². The molecule has 1 amide bonds. The van der Waals surface area contributed by atoms with Gasteiger partial charge in [-0.2, -0.15) is 9.57 Å². The van der Waals surface area contributed by atoms with Gasteiger partial charge in [-0.05, 0) is 30.3 Å². The first-order valence-electron chi connectivity index (χ1n) is 7.84. The van der Waals surface area contributed by atoms with Gasteiger partial charge in [0.15, 0.2) is 0 Å². The van der Waals surface area contributed by atoms with E-state index in [1.807, 2.05) is 6.07 Å². The van der Waals surface area contributed by atoms with Crippen LogP contribution in [0.25, 0.3) is 0 Å². The molecule has 0 saturated heterocycles. The summed E-state index contributed by atoms with van der Waals surface area (Å²) < 4.78 is 26.5. The zero-order chi connectivity index (χ0) is 18.4. The number of nitrogens with one attached hydrogen (secondary N) is 1. The summed E-state index contributed by atoms with van der Waals surface area (Å²) in [4.78, 5) is 12.5. The number of hydrogen-bond acceptors (Lipinski definition) is 4. The molecule has 0 aromatic heterocycles. The average Bonchev–Trinajstić information content (AvgIpc) is 2.63. The standard InChI is InChI=1S/C18H19N3O3S/c1-3-21(4-2)25(23,24)16-10-7-9-14(12-16)18(22)20-17-11-6-5-8-15(17)13-19/h5-12H,3-4H2,1-2H3,(H,20,22). The van der Waals surface area contributed by atoms with E-state index in [1.165, 1.54) is 28.6 Å². The molecule has 0 atom stereocenters. The van der Waals surface area contributed by atoms with Crippen molar-refractivity contribution in [3.8, 4) is 6.07 Å². The SMILES string of the molecule is CCN(CC)S(=O)(=O)c1cccc(C(=O)Nc2ccccc2C#N)c1. The van der Waals surface area contributed by atoms with E-state index in [1.54, 1.807) is 38.1 Å². The number of nitriles is 1. The molecule has 0 saturated carbocycles. The van der Waals surface area contributed by atoms with E-state index in [9.17, 15) is 13.2 Å². The van der Waals surface area contributed by atoms with E-state index in [-0.39, 0.29) is 10.5 Å². The first kappa shape index (κ1) is 18.6. The number of carbonyl (C=O) groups excluding carboxylic acids is 1. The minimum absolute atomic E-state index is 0.0671. The summed E-state index contributed by atoms with van der Waals surface area (Å²) in [6.45, 7) is 4.22. The topological polar surface area (TPSA) is 90.3 Å². The average molecular weight is 357 g/mol. The van der Waals surface area contributed by atoms with Crippen molar-refractivity contribution in [2.75, 3.05) is 18.4 Å². The van der Waals surface area contributed by atoms with Gasteiger partial charge in [-0.25, -0.2) is 8.42 Å². The second-order valence-corrected chi connectivity index (χ2v) is 7.17. The molecule has 130 valence electrons. The maximum absolute atomic E-state index is 12.6. The number of sulfonamides is 1. The van der Waals surface area contributed by atoms with Crippen LogP contribution in [0.1, 0.15) is 29.8 Å². The number of hydrogen-bond donors (Lipinski definition) is 1. The summed E-state index contributed by atoms with van der Waals surface area (Å²) in [5, 5.41) is 11.7. The Bertz CT molecular complexity index is 913. The fourth-order valence-electron chi connectivity index (χ4n) is 2.39. The molecule has 0 bridgehead atoms. The quantitative estimate of drug-likeness (QED) is 0.861. The predicted molar refractivity (Wildman–Crippen MR) is 95.7 cm³/mol. The molecular formula is C18H19N3O3S. The number of nitrogens with zero attached hydrogens (tertiary/aromatic N) is 2. The van der Waals surface area contributed by atoms with Gasteiger partial charge in [-0.15, -0.1) is 0 Å². The largest absolute Gasteiger partial charge is 0.321 e. The van der Waals surface area contributed by atoms with Gasteiger partial charge < -0.3 is 5.32 Å². The number of anilines is 1. The first-order chi connectivity index (χ1) is 11.9. The molecule has 2 rings (SSSR count). The maximum Gasteiger partial charge on any atom is 0.255 e.